The zero-order valence-electron chi connectivity index (χ0n) is 9.32. The first-order valence-electron chi connectivity index (χ1n) is 5.30. The van der Waals surface area contributed by atoms with Gasteiger partial charge in [0.15, 0.2) is 0 Å². The maximum atomic E-state index is 11.6. The number of aryl methyl sites for hydroxylation is 1. The highest BCUT2D eigenvalue weighted by molar-refractivity contribution is 6.30. The molecule has 0 fully saturated rings. The molecule has 94 valence electrons. The van der Waals surface area contributed by atoms with E-state index in [4.69, 9.17) is 23.2 Å². The molecule has 0 amide bonds. The number of nitrogens with zero attached hydrogens (tertiary/aromatic N) is 1. The predicted molar refractivity (Wildman–Crippen MR) is 71.5 cm³/mol. The van der Waals surface area contributed by atoms with Crippen LogP contribution in [0.25, 0.3) is 0 Å². The number of hydrogen-bond donors (Lipinski definition) is 1. The van der Waals surface area contributed by atoms with Crippen molar-refractivity contribution in [2.45, 2.75) is 13.0 Å². The van der Waals surface area contributed by atoms with E-state index in [1.54, 1.807) is 12.1 Å². The minimum absolute atomic E-state index is 0.0488. The summed E-state index contributed by atoms with van der Waals surface area (Å²) in [5, 5.41) is 0.702. The molecule has 0 atom stereocenters. The van der Waals surface area contributed by atoms with Gasteiger partial charge in [0, 0.05) is 17.6 Å². The molecule has 0 saturated carbocycles. The maximum absolute atomic E-state index is 11.6. The lowest BCUT2D eigenvalue weighted by Crippen LogP contribution is -2.35. The topological polar surface area (TPSA) is 54.9 Å². The summed E-state index contributed by atoms with van der Waals surface area (Å²) in [7, 11) is 0. The van der Waals surface area contributed by atoms with E-state index in [0.29, 0.717) is 18.0 Å². The van der Waals surface area contributed by atoms with Gasteiger partial charge in [-0.1, -0.05) is 35.3 Å². The fraction of sp³-hybridized carbons (Fsp3) is 0.167. The van der Waals surface area contributed by atoms with Crippen molar-refractivity contribution < 1.29 is 0 Å². The van der Waals surface area contributed by atoms with Gasteiger partial charge >= 0.3 is 5.69 Å². The van der Waals surface area contributed by atoms with Gasteiger partial charge in [0.2, 0.25) is 0 Å². The number of benzene rings is 1. The third kappa shape index (κ3) is 3.03. The van der Waals surface area contributed by atoms with Crippen molar-refractivity contribution >= 4 is 23.2 Å². The van der Waals surface area contributed by atoms with Gasteiger partial charge in [-0.3, -0.25) is 14.3 Å². The molecule has 2 aromatic rings. The molecule has 0 unspecified atom stereocenters. The molecule has 0 aliphatic rings. The Hall–Kier alpha value is -1.52. The van der Waals surface area contributed by atoms with Crippen LogP contribution in [0.2, 0.25) is 10.2 Å². The quantitative estimate of drug-likeness (QED) is 0.878. The van der Waals surface area contributed by atoms with E-state index in [0.717, 1.165) is 10.1 Å². The third-order valence-electron chi connectivity index (χ3n) is 2.53. The van der Waals surface area contributed by atoms with E-state index in [1.165, 1.54) is 6.07 Å². The first-order valence-corrected chi connectivity index (χ1v) is 6.06. The Bertz CT molecular complexity index is 628. The number of hydrogen-bond acceptors (Lipinski definition) is 2. The van der Waals surface area contributed by atoms with Crippen LogP contribution in [0.5, 0.6) is 0 Å². The highest BCUT2D eigenvalue weighted by Crippen LogP contribution is 2.10. The predicted octanol–water partition coefficient (Wildman–Crippen LogP) is 2.09. The molecule has 1 aromatic carbocycles. The van der Waals surface area contributed by atoms with Crippen LogP contribution in [0.15, 0.2) is 39.9 Å². The summed E-state index contributed by atoms with van der Waals surface area (Å²) in [5.74, 6) is 0. The van der Waals surface area contributed by atoms with Gasteiger partial charge in [0.05, 0.1) is 0 Å². The standard InChI is InChI=1S/C12H10Cl2N2O2/c13-9-3-1-8(2-4-9)5-6-16-11(17)7-10(14)15-12(16)18/h1-4,7H,5-6H2,(H,15,18). The van der Waals surface area contributed by atoms with E-state index in [-0.39, 0.29) is 5.15 Å². The van der Waals surface area contributed by atoms with Gasteiger partial charge in [-0.15, -0.1) is 0 Å². The Balaban J connectivity index is 2.18. The van der Waals surface area contributed by atoms with Gasteiger partial charge in [-0.05, 0) is 24.1 Å². The van der Waals surface area contributed by atoms with Crippen LogP contribution in [0.1, 0.15) is 5.56 Å². The van der Waals surface area contributed by atoms with Crippen LogP contribution in [-0.2, 0) is 13.0 Å². The molecule has 0 bridgehead atoms. The molecular formula is C12H10Cl2N2O2. The second kappa shape index (κ2) is 5.42. The Morgan fingerprint density at radius 3 is 2.39 bits per heavy atom. The van der Waals surface area contributed by atoms with E-state index in [1.807, 2.05) is 12.1 Å². The average molecular weight is 285 g/mol. The van der Waals surface area contributed by atoms with Crippen molar-refractivity contribution in [3.05, 3.63) is 66.9 Å². The largest absolute Gasteiger partial charge is 0.329 e. The molecule has 6 heteroatoms. The molecule has 2 rings (SSSR count). The van der Waals surface area contributed by atoms with Crippen LogP contribution in [0.3, 0.4) is 0 Å². The molecular weight excluding hydrogens is 275 g/mol. The Morgan fingerprint density at radius 1 is 1.11 bits per heavy atom. The summed E-state index contributed by atoms with van der Waals surface area (Å²) in [6.07, 6.45) is 0.571. The first-order chi connectivity index (χ1) is 8.56. The van der Waals surface area contributed by atoms with Crippen LogP contribution >= 0.6 is 23.2 Å². The van der Waals surface area contributed by atoms with Crippen LogP contribution in [-0.4, -0.2) is 9.55 Å². The second-order valence-electron chi connectivity index (χ2n) is 3.79. The second-order valence-corrected chi connectivity index (χ2v) is 4.63. The molecule has 1 aromatic heterocycles. The molecule has 0 radical (unpaired) electrons. The third-order valence-corrected chi connectivity index (χ3v) is 2.98. The van der Waals surface area contributed by atoms with Gasteiger partial charge in [0.1, 0.15) is 5.15 Å². The molecule has 1 heterocycles. The molecule has 1 N–H and O–H groups in total. The van der Waals surface area contributed by atoms with E-state index < -0.39 is 11.2 Å². The fourth-order valence-electron chi connectivity index (χ4n) is 1.60. The Morgan fingerprint density at radius 2 is 1.78 bits per heavy atom. The summed E-state index contributed by atoms with van der Waals surface area (Å²) in [6, 6.07) is 8.44. The number of rotatable bonds is 3. The highest BCUT2D eigenvalue weighted by atomic mass is 35.5. The van der Waals surface area contributed by atoms with E-state index in [2.05, 4.69) is 4.98 Å². The fourth-order valence-corrected chi connectivity index (χ4v) is 1.90. The van der Waals surface area contributed by atoms with Crippen LogP contribution < -0.4 is 11.2 Å². The maximum Gasteiger partial charge on any atom is 0.329 e. The molecule has 0 saturated heterocycles. The monoisotopic (exact) mass is 284 g/mol. The van der Waals surface area contributed by atoms with Crippen molar-refractivity contribution in [1.29, 1.82) is 0 Å². The van der Waals surface area contributed by atoms with Crippen LogP contribution in [0, 0.1) is 0 Å². The van der Waals surface area contributed by atoms with Crippen molar-refractivity contribution in [2.24, 2.45) is 0 Å². The van der Waals surface area contributed by atoms with Crippen molar-refractivity contribution in [3.8, 4) is 0 Å². The zero-order valence-corrected chi connectivity index (χ0v) is 10.8. The van der Waals surface area contributed by atoms with Crippen molar-refractivity contribution in [3.63, 3.8) is 0 Å². The number of H-pyrrole nitrogens is 1. The number of aromatic amines is 1. The first kappa shape index (κ1) is 12.9. The normalized spacial score (nSPS) is 10.6. The Kier molecular flexibility index (Phi) is 3.89. The smallest absolute Gasteiger partial charge is 0.298 e. The number of halogens is 2. The lowest BCUT2D eigenvalue weighted by atomic mass is 10.1. The van der Waals surface area contributed by atoms with Gasteiger partial charge in [-0.2, -0.15) is 0 Å². The molecule has 0 aliphatic carbocycles. The van der Waals surface area contributed by atoms with Gasteiger partial charge < -0.3 is 0 Å². The van der Waals surface area contributed by atoms with Crippen molar-refractivity contribution in [2.75, 3.05) is 0 Å². The summed E-state index contributed by atoms with van der Waals surface area (Å²) in [4.78, 5) is 25.5. The zero-order chi connectivity index (χ0) is 13.1. The molecule has 0 spiro atoms. The van der Waals surface area contributed by atoms with Crippen LogP contribution in [0.4, 0.5) is 0 Å². The van der Waals surface area contributed by atoms with E-state index in [9.17, 15) is 9.59 Å². The molecule has 0 aliphatic heterocycles. The average Bonchev–Trinajstić information content (AvgIpc) is 2.30. The van der Waals surface area contributed by atoms with Crippen molar-refractivity contribution in [1.82, 2.24) is 9.55 Å². The number of aromatic nitrogens is 2. The Labute approximate surface area is 113 Å². The van der Waals surface area contributed by atoms with E-state index >= 15 is 0 Å². The summed E-state index contributed by atoms with van der Waals surface area (Å²) in [6.45, 7) is 0.299. The lowest BCUT2D eigenvalue weighted by molar-refractivity contribution is 0.627. The molecule has 4 nitrogen and oxygen atoms in total. The van der Waals surface area contributed by atoms with Gasteiger partial charge in [0.25, 0.3) is 5.56 Å². The highest BCUT2D eigenvalue weighted by Gasteiger charge is 2.03. The van der Waals surface area contributed by atoms with Gasteiger partial charge in [-0.25, -0.2) is 4.79 Å². The minimum Gasteiger partial charge on any atom is -0.298 e. The minimum atomic E-state index is -0.499. The SMILES string of the molecule is O=c1cc(Cl)[nH]c(=O)n1CCc1ccc(Cl)cc1. The molecule has 18 heavy (non-hydrogen) atoms. The summed E-state index contributed by atoms with van der Waals surface area (Å²) < 4.78 is 1.11. The lowest BCUT2D eigenvalue weighted by Gasteiger charge is -2.04. The number of nitrogens with one attached hydrogen (secondary N) is 1. The summed E-state index contributed by atoms with van der Waals surface area (Å²) >= 11 is 11.3. The summed E-state index contributed by atoms with van der Waals surface area (Å²) in [5.41, 5.74) is 0.0971.